The third-order valence-corrected chi connectivity index (χ3v) is 3.55. The second-order valence-corrected chi connectivity index (χ2v) is 4.88. The lowest BCUT2D eigenvalue weighted by Gasteiger charge is -2.31. The average molecular weight is 273 g/mol. The van der Waals surface area contributed by atoms with Gasteiger partial charge in [0.2, 0.25) is 0 Å². The summed E-state index contributed by atoms with van der Waals surface area (Å²) in [5.74, 6) is 0.231. The summed E-state index contributed by atoms with van der Waals surface area (Å²) < 4.78 is 34.3. The van der Waals surface area contributed by atoms with Crippen molar-refractivity contribution in [3.8, 4) is 5.75 Å². The number of benzene rings is 2. The van der Waals surface area contributed by atoms with Gasteiger partial charge in [-0.1, -0.05) is 42.5 Å². The lowest BCUT2D eigenvalue weighted by molar-refractivity contribution is -0.479. The maximum Gasteiger partial charge on any atom is 0.828 e. The van der Waals surface area contributed by atoms with Crippen LogP contribution >= 0.6 is 0 Å². The van der Waals surface area contributed by atoms with Crippen LogP contribution in [0.1, 0.15) is 24.1 Å². The number of rotatable bonds is 2. The molecular formula is C15H14BF2NO. The quantitative estimate of drug-likeness (QED) is 0.761. The highest BCUT2D eigenvalue weighted by Crippen LogP contribution is 2.31. The van der Waals surface area contributed by atoms with Crippen molar-refractivity contribution in [2.24, 2.45) is 0 Å². The summed E-state index contributed by atoms with van der Waals surface area (Å²) in [6.07, 6.45) is 1.48. The summed E-state index contributed by atoms with van der Waals surface area (Å²) in [5, 5.41) is 0. The third kappa shape index (κ3) is 2.20. The van der Waals surface area contributed by atoms with E-state index in [1.165, 1.54) is 6.21 Å². The van der Waals surface area contributed by atoms with Crippen molar-refractivity contribution in [2.45, 2.75) is 13.0 Å². The van der Waals surface area contributed by atoms with Crippen LogP contribution < -0.4 is 4.65 Å². The highest BCUT2D eigenvalue weighted by Gasteiger charge is 2.50. The van der Waals surface area contributed by atoms with Crippen molar-refractivity contribution >= 4 is 13.3 Å². The molecule has 2 aromatic carbocycles. The van der Waals surface area contributed by atoms with Crippen LogP contribution in [0.5, 0.6) is 5.75 Å². The van der Waals surface area contributed by atoms with Crippen LogP contribution in [-0.2, 0) is 0 Å². The van der Waals surface area contributed by atoms with Gasteiger partial charge in [0.1, 0.15) is 12.3 Å². The first kappa shape index (κ1) is 12.8. The summed E-state index contributed by atoms with van der Waals surface area (Å²) in [4.78, 5) is 0. The molecule has 0 bridgehead atoms. The summed E-state index contributed by atoms with van der Waals surface area (Å²) in [6, 6.07) is 15.6. The van der Waals surface area contributed by atoms with E-state index in [2.05, 4.69) is 0 Å². The molecule has 1 heterocycles. The Balaban J connectivity index is 2.06. The van der Waals surface area contributed by atoms with Crippen molar-refractivity contribution in [1.82, 2.24) is 0 Å². The van der Waals surface area contributed by atoms with E-state index in [1.54, 1.807) is 31.2 Å². The predicted octanol–water partition coefficient (Wildman–Crippen LogP) is 3.65. The molecule has 0 saturated heterocycles. The van der Waals surface area contributed by atoms with Gasteiger partial charge in [-0.05, 0) is 19.1 Å². The molecule has 0 aromatic heterocycles. The van der Waals surface area contributed by atoms with Gasteiger partial charge in [-0.2, -0.15) is 0 Å². The first-order valence-electron chi connectivity index (χ1n) is 6.54. The lowest BCUT2D eigenvalue weighted by Crippen LogP contribution is -2.49. The van der Waals surface area contributed by atoms with E-state index in [0.717, 1.165) is 10.0 Å². The van der Waals surface area contributed by atoms with Gasteiger partial charge < -0.3 is 17.8 Å². The fourth-order valence-electron chi connectivity index (χ4n) is 2.43. The van der Waals surface area contributed by atoms with E-state index >= 15 is 0 Å². The van der Waals surface area contributed by atoms with Crippen molar-refractivity contribution < 1.29 is 17.8 Å². The molecule has 0 unspecified atom stereocenters. The van der Waals surface area contributed by atoms with Gasteiger partial charge in [-0.25, -0.2) is 0 Å². The molecule has 0 saturated carbocycles. The van der Waals surface area contributed by atoms with E-state index in [1.807, 2.05) is 30.3 Å². The van der Waals surface area contributed by atoms with Crippen LogP contribution in [-0.4, -0.2) is 17.7 Å². The molecule has 0 N–H and O–H groups in total. The third-order valence-electron chi connectivity index (χ3n) is 3.55. The molecule has 0 spiro atoms. The molecule has 0 radical (unpaired) electrons. The first-order chi connectivity index (χ1) is 9.58. The predicted molar refractivity (Wildman–Crippen MR) is 75.3 cm³/mol. The van der Waals surface area contributed by atoms with Gasteiger partial charge >= 0.3 is 7.04 Å². The first-order valence-corrected chi connectivity index (χ1v) is 6.54. The Hall–Kier alpha value is -2.17. The van der Waals surface area contributed by atoms with Gasteiger partial charge in [0.25, 0.3) is 0 Å². The van der Waals surface area contributed by atoms with E-state index < -0.39 is 13.1 Å². The zero-order valence-electron chi connectivity index (χ0n) is 11.0. The number of hydrogen-bond donors (Lipinski definition) is 0. The Morgan fingerprint density at radius 3 is 2.40 bits per heavy atom. The largest absolute Gasteiger partial charge is 0.828 e. The number of nitrogens with zero attached hydrogens (tertiary/aromatic N) is 1. The minimum atomic E-state index is -4.07. The van der Waals surface area contributed by atoms with Crippen molar-refractivity contribution in [1.29, 1.82) is 0 Å². The topological polar surface area (TPSA) is 12.2 Å². The summed E-state index contributed by atoms with van der Waals surface area (Å²) in [6.45, 7) is 1.75. The summed E-state index contributed by atoms with van der Waals surface area (Å²) in [7, 11) is -4.07. The maximum atomic E-state index is 14.2. The Bertz CT molecular complexity index is 658. The molecular weight excluding hydrogens is 259 g/mol. The molecule has 20 heavy (non-hydrogen) atoms. The fraction of sp³-hybridized carbons (Fsp3) is 0.133. The smallest absolute Gasteiger partial charge is 0.599 e. The minimum absolute atomic E-state index is 0.231. The standard InChI is InChI=1S/C15H14BF2NO/c1-12(13-7-3-2-4-8-13)19-11-14-9-5-6-10-15(14)20-16(19,17)18/h2-12H,1H3/t12-/m0/s1. The van der Waals surface area contributed by atoms with Crippen LogP contribution in [0.25, 0.3) is 0 Å². The van der Waals surface area contributed by atoms with Crippen LogP contribution in [0.2, 0.25) is 0 Å². The lowest BCUT2D eigenvalue weighted by atomic mass is 9.94. The fourth-order valence-corrected chi connectivity index (χ4v) is 2.43. The SMILES string of the molecule is C[C@@H](c1ccccc1)[N+]1=Cc2ccccc2O[B-]1(F)F. The Kier molecular flexibility index (Phi) is 3.05. The number of halogens is 2. The monoisotopic (exact) mass is 273 g/mol. The van der Waals surface area contributed by atoms with Crippen molar-refractivity contribution in [2.75, 3.05) is 0 Å². The second kappa shape index (κ2) is 4.74. The van der Waals surface area contributed by atoms with E-state index in [0.29, 0.717) is 5.56 Å². The molecule has 1 atom stereocenters. The van der Waals surface area contributed by atoms with Gasteiger partial charge in [0.05, 0.1) is 11.3 Å². The zero-order valence-corrected chi connectivity index (χ0v) is 11.0. The molecule has 2 nitrogen and oxygen atoms in total. The molecule has 2 aromatic rings. The average Bonchev–Trinajstić information content (AvgIpc) is 2.46. The van der Waals surface area contributed by atoms with E-state index in [4.69, 9.17) is 4.65 Å². The van der Waals surface area contributed by atoms with Gasteiger partial charge in [0, 0.05) is 5.56 Å². The highest BCUT2D eigenvalue weighted by molar-refractivity contribution is 6.52. The highest BCUT2D eigenvalue weighted by atomic mass is 19.3. The van der Waals surface area contributed by atoms with Crippen LogP contribution in [0, 0.1) is 0 Å². The number of para-hydroxylation sites is 1. The summed E-state index contributed by atoms with van der Waals surface area (Å²) in [5.41, 5.74) is 1.50. The molecule has 3 rings (SSSR count). The molecule has 0 aliphatic carbocycles. The minimum Gasteiger partial charge on any atom is -0.599 e. The maximum absolute atomic E-state index is 14.2. The number of fused-ring (bicyclic) bond motifs is 1. The van der Waals surface area contributed by atoms with Crippen LogP contribution in [0.4, 0.5) is 8.63 Å². The van der Waals surface area contributed by atoms with Crippen molar-refractivity contribution in [3.63, 3.8) is 0 Å². The molecule has 102 valence electrons. The second-order valence-electron chi connectivity index (χ2n) is 4.88. The molecule has 1 aliphatic heterocycles. The molecule has 0 amide bonds. The molecule has 0 fully saturated rings. The van der Waals surface area contributed by atoms with E-state index in [-0.39, 0.29) is 5.75 Å². The van der Waals surface area contributed by atoms with Gasteiger partial charge in [-0.15, -0.1) is 0 Å². The Morgan fingerprint density at radius 1 is 1.00 bits per heavy atom. The Labute approximate surface area is 116 Å². The van der Waals surface area contributed by atoms with Crippen LogP contribution in [0.3, 0.4) is 0 Å². The summed E-state index contributed by atoms with van der Waals surface area (Å²) >= 11 is 0. The normalized spacial score (nSPS) is 17.6. The zero-order chi connectivity index (χ0) is 14.2. The number of hydrogen-bond acceptors (Lipinski definition) is 1. The van der Waals surface area contributed by atoms with Gasteiger partial charge in [0.15, 0.2) is 0 Å². The van der Waals surface area contributed by atoms with Crippen LogP contribution in [0.15, 0.2) is 54.6 Å². The molecule has 1 aliphatic rings. The van der Waals surface area contributed by atoms with E-state index in [9.17, 15) is 8.63 Å². The van der Waals surface area contributed by atoms with Gasteiger partial charge in [-0.3, -0.25) is 0 Å². The molecule has 5 heteroatoms. The van der Waals surface area contributed by atoms with Crippen molar-refractivity contribution in [3.05, 3.63) is 65.7 Å². The Morgan fingerprint density at radius 2 is 1.65 bits per heavy atom.